The lowest BCUT2D eigenvalue weighted by Crippen LogP contribution is -1.76. The first kappa shape index (κ1) is 6.68. The number of rotatable bonds is 0. The molecule has 2 heterocycles. The van der Waals surface area contributed by atoms with Gasteiger partial charge in [-0.1, -0.05) is 11.6 Å². The van der Waals surface area contributed by atoms with E-state index in [0.29, 0.717) is 5.15 Å². The van der Waals surface area contributed by atoms with Crippen LogP contribution in [0.2, 0.25) is 5.15 Å². The lowest BCUT2D eigenvalue weighted by Gasteiger charge is -1.90. The molecule has 0 radical (unpaired) electrons. The number of nitrogens with zero attached hydrogens (tertiary/aromatic N) is 1. The molecule has 0 aliphatic rings. The maximum absolute atomic E-state index is 5.72. The minimum Gasteiger partial charge on any atom is -0.360 e. The molecule has 2 rings (SSSR count). The van der Waals surface area contributed by atoms with Crippen LogP contribution in [0.15, 0.2) is 18.3 Å². The van der Waals surface area contributed by atoms with Crippen molar-refractivity contribution >= 4 is 22.6 Å². The van der Waals surface area contributed by atoms with Crippen LogP contribution >= 0.6 is 11.6 Å². The lowest BCUT2D eigenvalue weighted by atomic mass is 10.3. The normalized spacial score (nSPS) is 10.7. The molecule has 2 nitrogen and oxygen atoms in total. The zero-order valence-electron chi connectivity index (χ0n) is 6.06. The van der Waals surface area contributed by atoms with Gasteiger partial charge in [-0.15, -0.1) is 0 Å². The number of halogens is 1. The standard InChI is InChI=1S/C8H7ClN2/c1-5-4-10-6-2-3-7(9)11-8(5)6/h2-4,10H,1H3. The second kappa shape index (κ2) is 2.24. The lowest BCUT2D eigenvalue weighted by molar-refractivity contribution is 1.39. The van der Waals surface area contributed by atoms with E-state index in [-0.39, 0.29) is 0 Å². The van der Waals surface area contributed by atoms with Gasteiger partial charge in [0.2, 0.25) is 0 Å². The molecular formula is C8H7ClN2. The van der Waals surface area contributed by atoms with Crippen LogP contribution in [0.5, 0.6) is 0 Å². The third-order valence-electron chi connectivity index (χ3n) is 1.68. The smallest absolute Gasteiger partial charge is 0.129 e. The number of pyridine rings is 1. The molecule has 0 bridgehead atoms. The van der Waals surface area contributed by atoms with Crippen molar-refractivity contribution in [3.8, 4) is 0 Å². The van der Waals surface area contributed by atoms with Gasteiger partial charge in [0.05, 0.1) is 11.0 Å². The predicted octanol–water partition coefficient (Wildman–Crippen LogP) is 2.52. The van der Waals surface area contributed by atoms with Crippen molar-refractivity contribution in [2.24, 2.45) is 0 Å². The van der Waals surface area contributed by atoms with Crippen molar-refractivity contribution in [3.05, 3.63) is 29.0 Å². The van der Waals surface area contributed by atoms with Crippen LogP contribution in [0.3, 0.4) is 0 Å². The quantitative estimate of drug-likeness (QED) is 0.599. The number of fused-ring (bicyclic) bond motifs is 1. The molecule has 0 saturated carbocycles. The molecule has 0 fully saturated rings. The van der Waals surface area contributed by atoms with Gasteiger partial charge in [0.1, 0.15) is 5.15 Å². The summed E-state index contributed by atoms with van der Waals surface area (Å²) in [7, 11) is 0. The Morgan fingerprint density at radius 2 is 2.27 bits per heavy atom. The number of aryl methyl sites for hydroxylation is 1. The number of aromatic amines is 1. The van der Waals surface area contributed by atoms with Crippen molar-refractivity contribution in [1.29, 1.82) is 0 Å². The summed E-state index contributed by atoms with van der Waals surface area (Å²) in [5.74, 6) is 0. The molecule has 2 aromatic rings. The predicted molar refractivity (Wildman–Crippen MR) is 45.8 cm³/mol. The Morgan fingerprint density at radius 3 is 3.09 bits per heavy atom. The average Bonchev–Trinajstić information content (AvgIpc) is 2.33. The van der Waals surface area contributed by atoms with Crippen LogP contribution in [0.25, 0.3) is 11.0 Å². The largest absolute Gasteiger partial charge is 0.360 e. The van der Waals surface area contributed by atoms with Crippen LogP contribution < -0.4 is 0 Å². The highest BCUT2D eigenvalue weighted by Crippen LogP contribution is 2.16. The van der Waals surface area contributed by atoms with E-state index in [1.165, 1.54) is 0 Å². The second-order valence-electron chi connectivity index (χ2n) is 2.50. The third kappa shape index (κ3) is 0.994. The average molecular weight is 167 g/mol. The van der Waals surface area contributed by atoms with Crippen molar-refractivity contribution in [2.45, 2.75) is 6.92 Å². The Labute approximate surface area is 69.2 Å². The van der Waals surface area contributed by atoms with Gasteiger partial charge >= 0.3 is 0 Å². The molecule has 3 heteroatoms. The van der Waals surface area contributed by atoms with Gasteiger partial charge in [0, 0.05) is 6.20 Å². The molecule has 1 N–H and O–H groups in total. The molecule has 0 aromatic carbocycles. The Bertz CT molecular complexity index is 392. The molecule has 56 valence electrons. The molecule has 0 amide bonds. The van der Waals surface area contributed by atoms with Gasteiger partial charge in [0.15, 0.2) is 0 Å². The summed E-state index contributed by atoms with van der Waals surface area (Å²) in [6.45, 7) is 2.00. The molecular weight excluding hydrogens is 160 g/mol. The van der Waals surface area contributed by atoms with Gasteiger partial charge in [-0.2, -0.15) is 0 Å². The minimum atomic E-state index is 0.542. The summed E-state index contributed by atoms with van der Waals surface area (Å²) in [6.07, 6.45) is 1.92. The summed E-state index contributed by atoms with van der Waals surface area (Å²) in [5.41, 5.74) is 3.12. The first-order valence-corrected chi connectivity index (χ1v) is 3.75. The van der Waals surface area contributed by atoms with Gasteiger partial charge in [-0.25, -0.2) is 4.98 Å². The molecule has 11 heavy (non-hydrogen) atoms. The summed E-state index contributed by atoms with van der Waals surface area (Å²) >= 11 is 5.72. The van der Waals surface area contributed by atoms with Crippen molar-refractivity contribution in [1.82, 2.24) is 9.97 Å². The fourth-order valence-corrected chi connectivity index (χ4v) is 1.25. The Balaban J connectivity index is 2.87. The monoisotopic (exact) mass is 166 g/mol. The van der Waals surface area contributed by atoms with Crippen LogP contribution in [0, 0.1) is 6.92 Å². The Kier molecular flexibility index (Phi) is 1.36. The molecule has 0 spiro atoms. The minimum absolute atomic E-state index is 0.542. The topological polar surface area (TPSA) is 28.7 Å². The Hall–Kier alpha value is -1.02. The zero-order chi connectivity index (χ0) is 7.84. The van der Waals surface area contributed by atoms with Crippen LogP contribution in [0.4, 0.5) is 0 Å². The maximum Gasteiger partial charge on any atom is 0.129 e. The van der Waals surface area contributed by atoms with E-state index in [0.717, 1.165) is 16.6 Å². The van der Waals surface area contributed by atoms with Gasteiger partial charge in [0.25, 0.3) is 0 Å². The zero-order valence-corrected chi connectivity index (χ0v) is 6.81. The third-order valence-corrected chi connectivity index (χ3v) is 1.89. The molecule has 0 atom stereocenters. The summed E-state index contributed by atoms with van der Waals surface area (Å²) in [6, 6.07) is 3.71. The fraction of sp³-hybridized carbons (Fsp3) is 0.125. The highest BCUT2D eigenvalue weighted by atomic mass is 35.5. The van der Waals surface area contributed by atoms with Crippen LogP contribution in [-0.4, -0.2) is 9.97 Å². The van der Waals surface area contributed by atoms with E-state index < -0.39 is 0 Å². The SMILES string of the molecule is Cc1c[nH]c2ccc(Cl)nc12. The molecule has 0 aliphatic carbocycles. The number of hydrogen-bond acceptors (Lipinski definition) is 1. The number of aromatic nitrogens is 2. The number of nitrogens with one attached hydrogen (secondary N) is 1. The van der Waals surface area contributed by atoms with E-state index in [9.17, 15) is 0 Å². The molecule has 0 saturated heterocycles. The maximum atomic E-state index is 5.72. The fourth-order valence-electron chi connectivity index (χ4n) is 1.11. The van der Waals surface area contributed by atoms with E-state index in [1.807, 2.05) is 19.2 Å². The highest BCUT2D eigenvalue weighted by molar-refractivity contribution is 6.29. The molecule has 0 unspecified atom stereocenters. The van der Waals surface area contributed by atoms with Gasteiger partial charge in [-0.3, -0.25) is 0 Å². The highest BCUT2D eigenvalue weighted by Gasteiger charge is 1.99. The second-order valence-corrected chi connectivity index (χ2v) is 2.89. The van der Waals surface area contributed by atoms with E-state index in [1.54, 1.807) is 6.07 Å². The summed E-state index contributed by atoms with van der Waals surface area (Å²) in [4.78, 5) is 7.26. The van der Waals surface area contributed by atoms with Gasteiger partial charge in [-0.05, 0) is 24.6 Å². The van der Waals surface area contributed by atoms with Gasteiger partial charge < -0.3 is 4.98 Å². The van der Waals surface area contributed by atoms with E-state index >= 15 is 0 Å². The van der Waals surface area contributed by atoms with Crippen molar-refractivity contribution in [3.63, 3.8) is 0 Å². The first-order valence-electron chi connectivity index (χ1n) is 3.37. The van der Waals surface area contributed by atoms with Crippen LogP contribution in [-0.2, 0) is 0 Å². The van der Waals surface area contributed by atoms with Crippen molar-refractivity contribution < 1.29 is 0 Å². The molecule has 2 aromatic heterocycles. The summed E-state index contributed by atoms with van der Waals surface area (Å²) in [5, 5.41) is 0.542. The summed E-state index contributed by atoms with van der Waals surface area (Å²) < 4.78 is 0. The number of H-pyrrole nitrogens is 1. The van der Waals surface area contributed by atoms with E-state index in [4.69, 9.17) is 11.6 Å². The Morgan fingerprint density at radius 1 is 1.45 bits per heavy atom. The first-order chi connectivity index (χ1) is 5.27. The van der Waals surface area contributed by atoms with Crippen LogP contribution in [0.1, 0.15) is 5.56 Å². The molecule has 0 aliphatic heterocycles. The number of hydrogen-bond donors (Lipinski definition) is 1. The van der Waals surface area contributed by atoms with Crippen molar-refractivity contribution in [2.75, 3.05) is 0 Å². The van der Waals surface area contributed by atoms with E-state index in [2.05, 4.69) is 9.97 Å².